The Bertz CT molecular complexity index is 214. The highest BCUT2D eigenvalue weighted by atomic mass is 79.9. The third-order valence-electron chi connectivity index (χ3n) is 4.06. The highest BCUT2D eigenvalue weighted by molar-refractivity contribution is 5.07. The Labute approximate surface area is 89.0 Å². The van der Waals surface area contributed by atoms with Gasteiger partial charge in [0.05, 0.1) is 20.2 Å². The molecule has 3 rings (SSSR count). The lowest BCUT2D eigenvalue weighted by molar-refractivity contribution is -0.938. The number of piperidine rings is 1. The predicted molar refractivity (Wildman–Crippen MR) is 43.6 cm³/mol. The van der Waals surface area contributed by atoms with Gasteiger partial charge in [-0.05, 0) is 0 Å². The van der Waals surface area contributed by atoms with Gasteiger partial charge in [0, 0.05) is 12.8 Å². The van der Waals surface area contributed by atoms with Crippen LogP contribution in [0.5, 0.6) is 0 Å². The second kappa shape index (κ2) is 2.69. The molecule has 76 valence electrons. The highest BCUT2D eigenvalue weighted by Gasteiger charge is 2.70. The van der Waals surface area contributed by atoms with E-state index in [1.54, 1.807) is 0 Å². The Balaban J connectivity index is 0.000000653. The van der Waals surface area contributed by atoms with E-state index in [1.807, 2.05) is 0 Å². The van der Waals surface area contributed by atoms with Gasteiger partial charge in [0.15, 0.2) is 0 Å². The van der Waals surface area contributed by atoms with Crippen LogP contribution in [-0.4, -0.2) is 54.1 Å². The van der Waals surface area contributed by atoms with Crippen LogP contribution >= 0.6 is 0 Å². The van der Waals surface area contributed by atoms with Crippen LogP contribution in [0, 0.1) is 0 Å². The lowest BCUT2D eigenvalue weighted by Crippen LogP contribution is -3.00. The summed E-state index contributed by atoms with van der Waals surface area (Å²) < 4.78 is 6.65. The van der Waals surface area contributed by atoms with Gasteiger partial charge in [-0.15, -0.1) is 0 Å². The van der Waals surface area contributed by atoms with E-state index in [9.17, 15) is 5.11 Å². The average Bonchev–Trinajstić information content (AvgIpc) is 2.66. The Hall–Kier alpha value is 0.360. The lowest BCUT2D eigenvalue weighted by atomic mass is 9.97. The molecule has 2 bridgehead atoms. The minimum atomic E-state index is -0.0671. The molecule has 3 heterocycles. The van der Waals surface area contributed by atoms with Crippen molar-refractivity contribution in [2.45, 2.75) is 43.2 Å². The maximum Gasteiger partial charge on any atom is 0.142 e. The zero-order chi connectivity index (χ0) is 8.51. The second-order valence-electron chi connectivity index (χ2n) is 4.95. The first kappa shape index (κ1) is 9.90. The summed E-state index contributed by atoms with van der Waals surface area (Å²) in [4.78, 5) is 0. The molecule has 3 fully saturated rings. The number of rotatable bonds is 0. The van der Waals surface area contributed by atoms with Crippen LogP contribution in [0.1, 0.15) is 12.8 Å². The quantitative estimate of drug-likeness (QED) is 0.361. The molecule has 3 aliphatic heterocycles. The minimum Gasteiger partial charge on any atom is -1.00 e. The number of fused-ring (bicyclic) bond motifs is 5. The molecule has 4 heteroatoms. The summed E-state index contributed by atoms with van der Waals surface area (Å²) in [6.07, 6.45) is 2.75. The van der Waals surface area contributed by atoms with Crippen molar-refractivity contribution in [1.29, 1.82) is 0 Å². The number of likely N-dealkylation sites (N-methyl/N-ethyl adjacent to an activating group) is 1. The van der Waals surface area contributed by atoms with E-state index < -0.39 is 0 Å². The first-order chi connectivity index (χ1) is 5.60. The maximum absolute atomic E-state index is 9.60. The molecule has 0 radical (unpaired) electrons. The van der Waals surface area contributed by atoms with Gasteiger partial charge in [0.1, 0.15) is 24.3 Å². The highest BCUT2D eigenvalue weighted by Crippen LogP contribution is 2.50. The fraction of sp³-hybridized carbons (Fsp3) is 1.00. The van der Waals surface area contributed by atoms with Crippen LogP contribution in [-0.2, 0) is 4.74 Å². The fourth-order valence-corrected chi connectivity index (χ4v) is 3.22. The minimum absolute atomic E-state index is 0. The molecular formula is C9H16BrNO2. The molecule has 0 spiro atoms. The van der Waals surface area contributed by atoms with Crippen LogP contribution in [0.15, 0.2) is 0 Å². The third kappa shape index (κ3) is 1.12. The van der Waals surface area contributed by atoms with Gasteiger partial charge in [-0.1, -0.05) is 0 Å². The molecule has 13 heavy (non-hydrogen) atoms. The topological polar surface area (TPSA) is 32.8 Å². The first-order valence-corrected chi connectivity index (χ1v) is 4.77. The molecule has 3 aliphatic rings. The molecule has 0 saturated carbocycles. The Kier molecular flexibility index (Phi) is 2.05. The maximum atomic E-state index is 9.60. The summed E-state index contributed by atoms with van der Waals surface area (Å²) in [5, 5.41) is 9.60. The summed E-state index contributed by atoms with van der Waals surface area (Å²) in [6, 6.07) is 1.12. The molecule has 0 aromatic rings. The molecule has 4 unspecified atom stereocenters. The molecule has 0 amide bonds. The summed E-state index contributed by atoms with van der Waals surface area (Å²) in [7, 11) is 4.55. The number of aliphatic hydroxyl groups is 1. The molecular weight excluding hydrogens is 234 g/mol. The number of nitrogens with zero attached hydrogens (tertiary/aromatic N) is 1. The van der Waals surface area contributed by atoms with E-state index in [0.29, 0.717) is 24.3 Å². The van der Waals surface area contributed by atoms with Gasteiger partial charge < -0.3 is 31.3 Å². The molecule has 4 atom stereocenters. The number of morpholine rings is 1. The molecule has 1 N–H and O–H groups in total. The number of hydrogen-bond donors (Lipinski definition) is 1. The number of epoxide rings is 1. The zero-order valence-electron chi connectivity index (χ0n) is 7.98. The standard InChI is InChI=1S/C9H16NO2.BrH/c1-10(2)6-3-5(11)4-7(10)9-8(6)12-9;/h5-9,11H,3-4H2,1-2H3;1H/q+1;/p-1. The fourth-order valence-electron chi connectivity index (χ4n) is 3.22. The van der Waals surface area contributed by atoms with Crippen molar-refractivity contribution in [3.05, 3.63) is 0 Å². The van der Waals surface area contributed by atoms with Gasteiger partial charge in [-0.2, -0.15) is 0 Å². The molecule has 3 nitrogen and oxygen atoms in total. The van der Waals surface area contributed by atoms with Crippen molar-refractivity contribution in [2.24, 2.45) is 0 Å². The first-order valence-electron chi connectivity index (χ1n) is 4.77. The summed E-state index contributed by atoms with van der Waals surface area (Å²) in [6.45, 7) is 0. The van der Waals surface area contributed by atoms with Crippen molar-refractivity contribution in [3.8, 4) is 0 Å². The van der Waals surface area contributed by atoms with E-state index in [4.69, 9.17) is 4.74 Å². The Morgan fingerprint density at radius 3 is 2.08 bits per heavy atom. The number of hydrogen-bond acceptors (Lipinski definition) is 2. The van der Waals surface area contributed by atoms with E-state index in [2.05, 4.69) is 14.1 Å². The van der Waals surface area contributed by atoms with Crippen molar-refractivity contribution < 1.29 is 31.3 Å². The smallest absolute Gasteiger partial charge is 0.142 e. The van der Waals surface area contributed by atoms with Crippen molar-refractivity contribution in [3.63, 3.8) is 0 Å². The van der Waals surface area contributed by atoms with E-state index in [-0.39, 0.29) is 23.1 Å². The second-order valence-corrected chi connectivity index (χ2v) is 4.95. The van der Waals surface area contributed by atoms with Gasteiger partial charge in [0.2, 0.25) is 0 Å². The van der Waals surface area contributed by atoms with E-state index >= 15 is 0 Å². The van der Waals surface area contributed by atoms with Gasteiger partial charge in [-0.25, -0.2) is 0 Å². The molecule has 3 saturated heterocycles. The molecule has 0 aliphatic carbocycles. The van der Waals surface area contributed by atoms with Crippen molar-refractivity contribution in [1.82, 2.24) is 0 Å². The largest absolute Gasteiger partial charge is 1.00 e. The van der Waals surface area contributed by atoms with Crippen LogP contribution < -0.4 is 17.0 Å². The zero-order valence-corrected chi connectivity index (χ0v) is 9.57. The number of halogens is 1. The summed E-state index contributed by atoms with van der Waals surface area (Å²) >= 11 is 0. The normalized spacial score (nSPS) is 55.2. The number of aliphatic hydroxyl groups excluding tert-OH is 1. The van der Waals surface area contributed by atoms with Gasteiger partial charge >= 0.3 is 0 Å². The monoisotopic (exact) mass is 249 g/mol. The number of ether oxygens (including phenoxy) is 1. The average molecular weight is 250 g/mol. The lowest BCUT2D eigenvalue weighted by Gasteiger charge is -2.44. The van der Waals surface area contributed by atoms with Gasteiger partial charge in [0.25, 0.3) is 0 Å². The Morgan fingerprint density at radius 1 is 1.15 bits per heavy atom. The molecule has 0 aromatic heterocycles. The number of quaternary nitrogens is 1. The van der Waals surface area contributed by atoms with Crippen molar-refractivity contribution >= 4 is 0 Å². The van der Waals surface area contributed by atoms with Crippen LogP contribution in [0.25, 0.3) is 0 Å². The summed E-state index contributed by atoms with van der Waals surface area (Å²) in [5.74, 6) is 0. The Morgan fingerprint density at radius 2 is 1.62 bits per heavy atom. The van der Waals surface area contributed by atoms with E-state index in [0.717, 1.165) is 17.3 Å². The van der Waals surface area contributed by atoms with Gasteiger partial charge in [-0.3, -0.25) is 0 Å². The van der Waals surface area contributed by atoms with E-state index in [1.165, 1.54) is 0 Å². The van der Waals surface area contributed by atoms with Crippen LogP contribution in [0.4, 0.5) is 0 Å². The molecule has 0 aromatic carbocycles. The van der Waals surface area contributed by atoms with Crippen LogP contribution in [0.2, 0.25) is 0 Å². The van der Waals surface area contributed by atoms with Crippen molar-refractivity contribution in [2.75, 3.05) is 14.1 Å². The summed E-state index contributed by atoms with van der Waals surface area (Å²) in [5.41, 5.74) is 0. The predicted octanol–water partition coefficient (Wildman–Crippen LogP) is -3.26. The SMILES string of the molecule is C[N+]1(C)C2CC(O)CC1C1OC12.[Br-]. The van der Waals surface area contributed by atoms with Crippen LogP contribution in [0.3, 0.4) is 0 Å². The third-order valence-corrected chi connectivity index (χ3v) is 4.06.